The van der Waals surface area contributed by atoms with Gasteiger partial charge < -0.3 is 25.0 Å². The normalized spacial score (nSPS) is 17.5. The number of hydrogen-bond donors (Lipinski definition) is 2. The number of alkyl carbamates (subject to hydrolysis) is 1. The maximum absolute atomic E-state index is 13.0. The molecule has 11 heteroatoms. The number of Topliss-reactive ketones (excluding diaryl/α,β-unsaturated/α-hetero) is 1. The van der Waals surface area contributed by atoms with Crippen molar-refractivity contribution in [2.24, 2.45) is 5.41 Å². The van der Waals surface area contributed by atoms with Crippen LogP contribution in [0.1, 0.15) is 69.1 Å². The third-order valence-corrected chi connectivity index (χ3v) is 8.08. The fraction of sp³-hybridized carbons (Fsp3) is 0.552. The summed E-state index contributed by atoms with van der Waals surface area (Å²) < 4.78 is 11.1. The number of aromatic nitrogens is 1. The molecule has 1 saturated heterocycles. The lowest BCUT2D eigenvalue weighted by Gasteiger charge is -2.26. The number of benzene rings is 1. The molecule has 40 heavy (non-hydrogen) atoms. The molecule has 218 valence electrons. The fourth-order valence-corrected chi connectivity index (χ4v) is 5.33. The summed E-state index contributed by atoms with van der Waals surface area (Å²) in [4.78, 5) is 58.1. The summed E-state index contributed by atoms with van der Waals surface area (Å²) in [7, 11) is 0. The number of likely N-dealkylation sites (tertiary alicyclic amines) is 1. The van der Waals surface area contributed by atoms with E-state index in [1.54, 1.807) is 12.4 Å². The minimum atomic E-state index is -1.02. The first-order valence-corrected chi connectivity index (χ1v) is 14.6. The number of carbonyl (C=O) groups excluding carboxylic acids is 4. The predicted octanol–water partition coefficient (Wildman–Crippen LogP) is 4.57. The molecule has 2 N–H and O–H groups in total. The van der Waals surface area contributed by atoms with Crippen LogP contribution in [0.4, 0.5) is 9.59 Å². The number of ketones is 1. The first-order valence-electron chi connectivity index (χ1n) is 13.7. The molecule has 1 aromatic heterocycles. The third-order valence-electron chi connectivity index (χ3n) is 7.09. The Morgan fingerprint density at radius 1 is 1.18 bits per heavy atom. The molecule has 1 aliphatic heterocycles. The molecule has 0 radical (unpaired) electrons. The highest BCUT2D eigenvalue weighted by atomic mass is 32.1. The number of nitrogens with one attached hydrogen (secondary N) is 2. The van der Waals surface area contributed by atoms with Gasteiger partial charge in [0.1, 0.15) is 12.1 Å². The van der Waals surface area contributed by atoms with E-state index in [0.29, 0.717) is 25.8 Å². The van der Waals surface area contributed by atoms with Crippen molar-refractivity contribution in [1.82, 2.24) is 20.5 Å². The van der Waals surface area contributed by atoms with Gasteiger partial charge in [-0.1, -0.05) is 63.9 Å². The van der Waals surface area contributed by atoms with Crippen molar-refractivity contribution in [2.75, 3.05) is 19.7 Å². The van der Waals surface area contributed by atoms with E-state index in [0.717, 1.165) is 22.6 Å². The standard InChI is InChI=1S/C29H40N4O6S/c1-6-7-13-22(25(34)26(35)31-19(2)21-11-9-8-10-12-21)32-27(36)39-24-16-33(17-29(24,4)5)28(37)38-15-14-23-20(3)30-18-40-23/h8-12,18-19,22,24H,6-7,13-17H2,1-5H3,(H,31,35)(H,32,36)/t19-,22+,24-/m1/s1. The van der Waals surface area contributed by atoms with Gasteiger partial charge in [0.05, 0.1) is 30.4 Å². The van der Waals surface area contributed by atoms with Crippen molar-refractivity contribution in [1.29, 1.82) is 0 Å². The summed E-state index contributed by atoms with van der Waals surface area (Å²) in [6, 6.07) is 7.93. The highest BCUT2D eigenvalue weighted by Gasteiger charge is 2.45. The van der Waals surface area contributed by atoms with Crippen molar-refractivity contribution in [2.45, 2.75) is 78.5 Å². The molecule has 3 atom stereocenters. The van der Waals surface area contributed by atoms with Gasteiger partial charge in [0.15, 0.2) is 0 Å². The average molecular weight is 573 g/mol. The molecule has 10 nitrogen and oxygen atoms in total. The van der Waals surface area contributed by atoms with E-state index in [1.165, 1.54) is 16.2 Å². The summed E-state index contributed by atoms with van der Waals surface area (Å²) in [5.41, 5.74) is 3.03. The van der Waals surface area contributed by atoms with Crippen LogP contribution in [-0.2, 0) is 25.5 Å². The van der Waals surface area contributed by atoms with Crippen LogP contribution in [0, 0.1) is 12.3 Å². The van der Waals surface area contributed by atoms with E-state index in [2.05, 4.69) is 15.6 Å². The number of carbonyl (C=O) groups is 4. The molecule has 3 rings (SSSR count). The van der Waals surface area contributed by atoms with Crippen LogP contribution in [0.2, 0.25) is 0 Å². The Labute approximate surface area is 239 Å². The lowest BCUT2D eigenvalue weighted by molar-refractivity contribution is -0.139. The Bertz CT molecular complexity index is 1170. The summed E-state index contributed by atoms with van der Waals surface area (Å²) in [5.74, 6) is -1.48. The number of amides is 3. The second kappa shape index (κ2) is 14.2. The Hall–Kier alpha value is -3.47. The van der Waals surface area contributed by atoms with E-state index in [9.17, 15) is 19.2 Å². The number of ether oxygens (including phenoxy) is 2. The number of nitrogens with zero attached hydrogens (tertiary/aromatic N) is 2. The first-order chi connectivity index (χ1) is 19.0. The Morgan fingerprint density at radius 2 is 1.90 bits per heavy atom. The molecular weight excluding hydrogens is 532 g/mol. The Morgan fingerprint density at radius 3 is 2.55 bits per heavy atom. The molecule has 1 aliphatic rings. The summed E-state index contributed by atoms with van der Waals surface area (Å²) in [6.45, 7) is 10.2. The highest BCUT2D eigenvalue weighted by Crippen LogP contribution is 2.32. The van der Waals surface area contributed by atoms with Crippen LogP contribution in [0.25, 0.3) is 0 Å². The molecule has 0 saturated carbocycles. The van der Waals surface area contributed by atoms with Gasteiger partial charge >= 0.3 is 12.2 Å². The van der Waals surface area contributed by atoms with Gasteiger partial charge in [0, 0.05) is 23.3 Å². The molecule has 0 bridgehead atoms. The van der Waals surface area contributed by atoms with Gasteiger partial charge in [-0.05, 0) is 25.8 Å². The van der Waals surface area contributed by atoms with Crippen LogP contribution in [0.5, 0.6) is 0 Å². The zero-order valence-corrected chi connectivity index (χ0v) is 24.7. The van der Waals surface area contributed by atoms with E-state index in [1.807, 2.05) is 58.0 Å². The monoisotopic (exact) mass is 572 g/mol. The number of rotatable bonds is 12. The van der Waals surface area contributed by atoms with E-state index in [-0.39, 0.29) is 19.2 Å². The van der Waals surface area contributed by atoms with Crippen LogP contribution < -0.4 is 10.6 Å². The maximum atomic E-state index is 13.0. The topological polar surface area (TPSA) is 127 Å². The number of thiazole rings is 1. The number of aryl methyl sites for hydroxylation is 1. The molecular formula is C29H40N4O6S. The van der Waals surface area contributed by atoms with Gasteiger partial charge in [-0.3, -0.25) is 9.59 Å². The SMILES string of the molecule is CCCC[C@H](NC(=O)O[C@@H]1CN(C(=O)OCCc2scnc2C)CC1(C)C)C(=O)C(=O)N[C@H](C)c1ccccc1. The zero-order chi connectivity index (χ0) is 29.3. The predicted molar refractivity (Wildman–Crippen MR) is 152 cm³/mol. The van der Waals surface area contributed by atoms with Gasteiger partial charge in [0.25, 0.3) is 5.91 Å². The smallest absolute Gasteiger partial charge is 0.409 e. The van der Waals surface area contributed by atoms with Crippen molar-refractivity contribution < 1.29 is 28.7 Å². The third kappa shape index (κ3) is 8.51. The molecule has 0 unspecified atom stereocenters. The lowest BCUT2D eigenvalue weighted by Crippen LogP contribution is -2.49. The van der Waals surface area contributed by atoms with Crippen LogP contribution in [0.3, 0.4) is 0 Å². The molecule has 2 heterocycles. The van der Waals surface area contributed by atoms with Gasteiger partial charge in [-0.15, -0.1) is 11.3 Å². The largest absolute Gasteiger partial charge is 0.449 e. The zero-order valence-electron chi connectivity index (χ0n) is 23.9. The lowest BCUT2D eigenvalue weighted by atomic mass is 9.90. The van der Waals surface area contributed by atoms with Crippen molar-refractivity contribution in [3.8, 4) is 0 Å². The molecule has 0 spiro atoms. The van der Waals surface area contributed by atoms with Crippen LogP contribution in [0.15, 0.2) is 35.8 Å². The summed E-state index contributed by atoms with van der Waals surface area (Å²) in [6.07, 6.45) is 0.452. The maximum Gasteiger partial charge on any atom is 0.409 e. The van der Waals surface area contributed by atoms with Gasteiger partial charge in [-0.25, -0.2) is 14.6 Å². The second-order valence-corrected chi connectivity index (χ2v) is 11.7. The van der Waals surface area contributed by atoms with E-state index < -0.39 is 41.4 Å². The van der Waals surface area contributed by atoms with Gasteiger partial charge in [-0.2, -0.15) is 0 Å². The van der Waals surface area contributed by atoms with Gasteiger partial charge in [0.2, 0.25) is 5.78 Å². The Kier molecular flexibility index (Phi) is 11.1. The van der Waals surface area contributed by atoms with Crippen molar-refractivity contribution in [3.05, 3.63) is 52.0 Å². The minimum Gasteiger partial charge on any atom is -0.449 e. The van der Waals surface area contributed by atoms with E-state index >= 15 is 0 Å². The van der Waals surface area contributed by atoms with Crippen molar-refractivity contribution >= 4 is 35.2 Å². The fourth-order valence-electron chi connectivity index (χ4n) is 4.56. The average Bonchev–Trinajstić information content (AvgIpc) is 3.47. The number of hydrogen-bond acceptors (Lipinski definition) is 8. The highest BCUT2D eigenvalue weighted by molar-refractivity contribution is 7.09. The van der Waals surface area contributed by atoms with E-state index in [4.69, 9.17) is 9.47 Å². The quantitative estimate of drug-likeness (QED) is 0.357. The van der Waals surface area contributed by atoms with Crippen LogP contribution >= 0.6 is 11.3 Å². The molecule has 3 amide bonds. The Balaban J connectivity index is 1.54. The minimum absolute atomic E-state index is 0.168. The summed E-state index contributed by atoms with van der Waals surface area (Å²) >= 11 is 1.53. The molecule has 0 aliphatic carbocycles. The number of unbranched alkanes of at least 4 members (excludes halogenated alkanes) is 1. The molecule has 1 fully saturated rings. The first kappa shape index (κ1) is 31.1. The molecule has 1 aromatic carbocycles. The molecule has 2 aromatic rings. The summed E-state index contributed by atoms with van der Waals surface area (Å²) in [5, 5.41) is 5.32. The second-order valence-electron chi connectivity index (χ2n) is 10.8. The van der Waals surface area contributed by atoms with Crippen LogP contribution in [-0.4, -0.2) is 65.6 Å². The van der Waals surface area contributed by atoms with Crippen molar-refractivity contribution in [3.63, 3.8) is 0 Å².